The summed E-state index contributed by atoms with van der Waals surface area (Å²) in [6, 6.07) is 7.76. The predicted molar refractivity (Wildman–Crippen MR) is 115 cm³/mol. The molecule has 1 amide bonds. The molecule has 1 saturated heterocycles. The number of carbonyl (C=O) groups excluding carboxylic acids is 1. The van der Waals surface area contributed by atoms with Crippen LogP contribution in [0.15, 0.2) is 35.4 Å². The summed E-state index contributed by atoms with van der Waals surface area (Å²) in [7, 11) is 0. The van der Waals surface area contributed by atoms with E-state index in [2.05, 4.69) is 16.5 Å². The van der Waals surface area contributed by atoms with Crippen LogP contribution in [0.2, 0.25) is 0 Å². The first-order valence-corrected chi connectivity index (χ1v) is 11.0. The summed E-state index contributed by atoms with van der Waals surface area (Å²) in [5.74, 6) is -0.0478. The number of aliphatic carboxylic acids is 1. The number of thioether (sulfide) groups is 1. The first kappa shape index (κ1) is 21.4. The lowest BCUT2D eigenvalue weighted by molar-refractivity contribution is -0.138. The van der Waals surface area contributed by atoms with E-state index in [9.17, 15) is 14.7 Å². The van der Waals surface area contributed by atoms with E-state index in [-0.39, 0.29) is 5.91 Å². The van der Waals surface area contributed by atoms with Gasteiger partial charge >= 0.3 is 5.97 Å². The monoisotopic (exact) mass is 415 g/mol. The number of imidazole rings is 1. The fourth-order valence-corrected chi connectivity index (χ4v) is 4.09. The van der Waals surface area contributed by atoms with Gasteiger partial charge in [0.15, 0.2) is 0 Å². The summed E-state index contributed by atoms with van der Waals surface area (Å²) >= 11 is 1.32. The minimum absolute atomic E-state index is 0.00197. The van der Waals surface area contributed by atoms with Gasteiger partial charge in [-0.3, -0.25) is 9.59 Å². The molecular formula is C22H29N3O3S. The van der Waals surface area contributed by atoms with Crippen LogP contribution in [0.4, 0.5) is 0 Å². The smallest absolute Gasteiger partial charge is 0.319 e. The van der Waals surface area contributed by atoms with Crippen LogP contribution in [-0.2, 0) is 11.3 Å². The summed E-state index contributed by atoms with van der Waals surface area (Å²) in [6.45, 7) is 8.00. The van der Waals surface area contributed by atoms with E-state index in [4.69, 9.17) is 0 Å². The minimum atomic E-state index is -0.892. The van der Waals surface area contributed by atoms with Gasteiger partial charge in [0.2, 0.25) is 0 Å². The van der Waals surface area contributed by atoms with Crippen LogP contribution in [0.1, 0.15) is 56.9 Å². The fraction of sp³-hybridized carbons (Fsp3) is 0.500. The third-order valence-electron chi connectivity index (χ3n) is 5.14. The zero-order chi connectivity index (χ0) is 21.0. The second-order valence-corrected chi connectivity index (χ2v) is 9.63. The molecule has 3 rings (SSSR count). The molecule has 1 fully saturated rings. The Morgan fingerprint density at radius 2 is 1.86 bits per heavy atom. The van der Waals surface area contributed by atoms with Crippen molar-refractivity contribution in [1.82, 2.24) is 14.5 Å². The third kappa shape index (κ3) is 5.01. The predicted octanol–water partition coefficient (Wildman–Crippen LogP) is 4.54. The largest absolute Gasteiger partial charge is 0.480 e. The molecule has 0 bridgehead atoms. The van der Waals surface area contributed by atoms with E-state index in [1.807, 2.05) is 35.4 Å². The Labute approximate surface area is 176 Å². The zero-order valence-electron chi connectivity index (χ0n) is 17.4. The van der Waals surface area contributed by atoms with Crippen molar-refractivity contribution in [3.05, 3.63) is 36.2 Å². The summed E-state index contributed by atoms with van der Waals surface area (Å²) < 4.78 is 1.18. The highest BCUT2D eigenvalue weighted by Gasteiger charge is 2.28. The molecular weight excluding hydrogens is 386 g/mol. The van der Waals surface area contributed by atoms with Crippen molar-refractivity contribution in [3.63, 3.8) is 0 Å². The summed E-state index contributed by atoms with van der Waals surface area (Å²) in [5.41, 5.74) is 1.43. The molecule has 6 nitrogen and oxygen atoms in total. The zero-order valence-corrected chi connectivity index (χ0v) is 18.2. The first-order valence-electron chi connectivity index (χ1n) is 10.2. The number of unbranched alkanes of at least 4 members (excludes halogenated alkanes) is 2. The standard InChI is InChI=1S/C22H29N3O3S/c1-4-5-6-12-25-15-18(20(26)24-13-7-14-24)23-19(25)16-8-10-17(11-9-16)29-22(2,3)21(27)28/h8-11,15H,4-7,12-14H2,1-3H3,(H,27,28). The number of benzene rings is 1. The maximum absolute atomic E-state index is 12.6. The van der Waals surface area contributed by atoms with Gasteiger partial charge in [-0.1, -0.05) is 31.9 Å². The molecule has 29 heavy (non-hydrogen) atoms. The number of hydrogen-bond acceptors (Lipinski definition) is 4. The van der Waals surface area contributed by atoms with Crippen LogP contribution in [0, 0.1) is 0 Å². The lowest BCUT2D eigenvalue weighted by Gasteiger charge is -2.29. The van der Waals surface area contributed by atoms with E-state index >= 15 is 0 Å². The molecule has 1 aromatic heterocycles. The number of likely N-dealkylation sites (tertiary alicyclic amines) is 1. The molecule has 0 radical (unpaired) electrons. The van der Waals surface area contributed by atoms with Crippen LogP contribution < -0.4 is 0 Å². The molecule has 1 aromatic carbocycles. The lowest BCUT2D eigenvalue weighted by atomic mass is 10.2. The fourth-order valence-electron chi connectivity index (χ4n) is 3.14. The van der Waals surface area contributed by atoms with Gasteiger partial charge in [-0.05, 0) is 38.8 Å². The Bertz CT molecular complexity index is 870. The van der Waals surface area contributed by atoms with Crippen LogP contribution >= 0.6 is 11.8 Å². The topological polar surface area (TPSA) is 75.4 Å². The van der Waals surface area contributed by atoms with Crippen molar-refractivity contribution < 1.29 is 14.7 Å². The number of amides is 1. The van der Waals surface area contributed by atoms with Gasteiger partial charge in [-0.25, -0.2) is 4.98 Å². The highest BCUT2D eigenvalue weighted by Crippen LogP contribution is 2.34. The van der Waals surface area contributed by atoms with Gasteiger partial charge in [0.25, 0.3) is 5.91 Å². The van der Waals surface area contributed by atoms with Gasteiger partial charge in [0.05, 0.1) is 0 Å². The van der Waals surface area contributed by atoms with Gasteiger partial charge < -0.3 is 14.6 Å². The van der Waals surface area contributed by atoms with E-state index < -0.39 is 10.7 Å². The van der Waals surface area contributed by atoms with Crippen LogP contribution in [-0.4, -0.2) is 49.3 Å². The maximum Gasteiger partial charge on any atom is 0.319 e. The summed E-state index contributed by atoms with van der Waals surface area (Å²) in [6.07, 6.45) is 6.24. The molecule has 2 heterocycles. The van der Waals surface area contributed by atoms with E-state index in [1.54, 1.807) is 13.8 Å². The number of aromatic nitrogens is 2. The second-order valence-electron chi connectivity index (χ2n) is 7.94. The average molecular weight is 416 g/mol. The van der Waals surface area contributed by atoms with Crippen LogP contribution in [0.5, 0.6) is 0 Å². The number of carbonyl (C=O) groups is 2. The molecule has 1 N–H and O–H groups in total. The molecule has 156 valence electrons. The van der Waals surface area contributed by atoms with Crippen molar-refractivity contribution in [2.75, 3.05) is 13.1 Å². The Hall–Kier alpha value is -2.28. The van der Waals surface area contributed by atoms with Crippen LogP contribution in [0.3, 0.4) is 0 Å². The van der Waals surface area contributed by atoms with Gasteiger partial charge in [-0.15, -0.1) is 11.8 Å². The van der Waals surface area contributed by atoms with Crippen molar-refractivity contribution in [3.8, 4) is 11.4 Å². The van der Waals surface area contributed by atoms with Crippen LogP contribution in [0.25, 0.3) is 11.4 Å². The normalized spacial score (nSPS) is 14.0. The molecule has 7 heteroatoms. The highest BCUT2D eigenvalue weighted by atomic mass is 32.2. The molecule has 0 saturated carbocycles. The quantitative estimate of drug-likeness (QED) is 0.481. The molecule has 0 spiro atoms. The molecule has 0 unspecified atom stereocenters. The number of aryl methyl sites for hydroxylation is 1. The Balaban J connectivity index is 1.84. The number of hydrogen-bond donors (Lipinski definition) is 1. The minimum Gasteiger partial charge on any atom is -0.480 e. The number of nitrogens with zero attached hydrogens (tertiary/aromatic N) is 3. The number of carboxylic acid groups (broad SMARTS) is 1. The average Bonchev–Trinajstić information content (AvgIpc) is 3.05. The Morgan fingerprint density at radius 1 is 1.17 bits per heavy atom. The van der Waals surface area contributed by atoms with Crippen molar-refractivity contribution in [2.45, 2.75) is 62.6 Å². The number of rotatable bonds is 9. The molecule has 0 aliphatic carbocycles. The maximum atomic E-state index is 12.6. The Morgan fingerprint density at radius 3 is 2.41 bits per heavy atom. The molecule has 0 atom stereocenters. The molecule has 1 aliphatic rings. The third-order valence-corrected chi connectivity index (χ3v) is 6.33. The second kappa shape index (κ2) is 9.03. The van der Waals surface area contributed by atoms with E-state index in [0.29, 0.717) is 5.69 Å². The van der Waals surface area contributed by atoms with E-state index in [1.165, 1.54) is 11.8 Å². The van der Waals surface area contributed by atoms with Crippen molar-refractivity contribution in [2.24, 2.45) is 0 Å². The van der Waals surface area contributed by atoms with Gasteiger partial charge in [-0.2, -0.15) is 0 Å². The molecule has 2 aromatic rings. The molecule has 1 aliphatic heterocycles. The summed E-state index contributed by atoms with van der Waals surface area (Å²) in [5, 5.41) is 9.33. The lowest BCUT2D eigenvalue weighted by Crippen LogP contribution is -2.42. The SMILES string of the molecule is CCCCCn1cc(C(=O)N2CCC2)nc1-c1ccc(SC(C)(C)C(=O)O)cc1. The number of carboxylic acids is 1. The van der Waals surface area contributed by atoms with Crippen molar-refractivity contribution >= 4 is 23.6 Å². The van der Waals surface area contributed by atoms with Crippen molar-refractivity contribution in [1.29, 1.82) is 0 Å². The van der Waals surface area contributed by atoms with E-state index in [0.717, 1.165) is 61.6 Å². The Kier molecular flexibility index (Phi) is 6.67. The highest BCUT2D eigenvalue weighted by molar-refractivity contribution is 8.01. The summed E-state index contributed by atoms with van der Waals surface area (Å²) in [4.78, 5) is 31.4. The van der Waals surface area contributed by atoms with Gasteiger partial charge in [0.1, 0.15) is 16.3 Å². The first-order chi connectivity index (χ1) is 13.8. The van der Waals surface area contributed by atoms with Gasteiger partial charge in [0, 0.05) is 36.3 Å².